The summed E-state index contributed by atoms with van der Waals surface area (Å²) in [5.41, 5.74) is 15.8. The number of hydrazine groups is 1. The fourth-order valence-corrected chi connectivity index (χ4v) is 4.23. The Labute approximate surface area is 270 Å². The maximum absolute atomic E-state index is 13.1. The molecule has 18 nitrogen and oxygen atoms in total. The summed E-state index contributed by atoms with van der Waals surface area (Å²) in [5.74, 6) is -6.04. The van der Waals surface area contributed by atoms with Crippen molar-refractivity contribution in [3.05, 3.63) is 42.0 Å². The number of amides is 7. The third-order valence-corrected chi connectivity index (χ3v) is 6.63. The average molecular weight is 664 g/mol. The topological polar surface area (TPSA) is 297 Å². The molecule has 1 aliphatic heterocycles. The second kappa shape index (κ2) is 19.1. The number of nitrogens with zero attached hydrogens (tertiary/aromatic N) is 3. The number of anilines is 1. The smallest absolute Gasteiger partial charge is 0.434 e. The number of hydrogen-bond acceptors (Lipinski definition) is 10. The van der Waals surface area contributed by atoms with E-state index in [4.69, 9.17) is 22.3 Å². The van der Waals surface area contributed by atoms with Gasteiger partial charge >= 0.3 is 24.1 Å². The highest BCUT2D eigenvalue weighted by molar-refractivity contribution is 6.12. The van der Waals surface area contributed by atoms with Crippen LogP contribution in [0.4, 0.5) is 15.3 Å². The number of carboxylic acids is 2. The number of carbonyl (C=O) groups excluding carboxylic acids is 5. The molecule has 0 saturated carbocycles. The third-order valence-electron chi connectivity index (χ3n) is 6.63. The minimum Gasteiger partial charge on any atom is -0.480 e. The normalized spacial score (nSPS) is 13.3. The summed E-state index contributed by atoms with van der Waals surface area (Å²) in [6.45, 7) is 3.50. The molecule has 0 fully saturated rings. The maximum atomic E-state index is 13.1. The van der Waals surface area contributed by atoms with Crippen LogP contribution in [0.15, 0.2) is 36.4 Å². The maximum Gasteiger partial charge on any atom is 0.434 e. The predicted molar refractivity (Wildman–Crippen MR) is 165 cm³/mol. The quantitative estimate of drug-likeness (QED) is 0.0585. The number of carbonyl (C=O) groups is 8. The summed E-state index contributed by atoms with van der Waals surface area (Å²) in [6, 6.07) is 2.21. The van der Waals surface area contributed by atoms with Crippen molar-refractivity contribution in [2.75, 3.05) is 18.8 Å². The first-order valence-corrected chi connectivity index (χ1v) is 14.5. The Balaban J connectivity index is 0.000000779. The predicted octanol–water partition coefficient (Wildman–Crippen LogP) is 0.574. The molecule has 258 valence electrons. The van der Waals surface area contributed by atoms with E-state index in [1.54, 1.807) is 0 Å². The highest BCUT2D eigenvalue weighted by Crippen LogP contribution is 2.21. The van der Waals surface area contributed by atoms with Crippen LogP contribution in [0.1, 0.15) is 62.7 Å². The summed E-state index contributed by atoms with van der Waals surface area (Å²) < 4.78 is 0. The summed E-state index contributed by atoms with van der Waals surface area (Å²) in [7, 11) is 0. The number of nitrogens with one attached hydrogen (secondary N) is 1. The molecule has 2 rings (SSSR count). The zero-order valence-corrected chi connectivity index (χ0v) is 26.0. The molecule has 0 radical (unpaired) electrons. The van der Waals surface area contributed by atoms with Crippen LogP contribution in [0.2, 0.25) is 0 Å². The van der Waals surface area contributed by atoms with Crippen molar-refractivity contribution in [2.24, 2.45) is 17.4 Å². The number of urea groups is 1. The Bertz CT molecular complexity index is 1330. The number of nitrogens with two attached hydrogens (primary N) is 3. The molecule has 0 saturated heterocycles. The second-order valence-electron chi connectivity index (χ2n) is 10.6. The lowest BCUT2D eigenvalue weighted by atomic mass is 10.0. The lowest BCUT2D eigenvalue weighted by molar-refractivity contribution is -0.164. The minimum absolute atomic E-state index is 0.0964. The van der Waals surface area contributed by atoms with E-state index < -0.39 is 65.7 Å². The van der Waals surface area contributed by atoms with Crippen LogP contribution in [0.5, 0.6) is 0 Å². The van der Waals surface area contributed by atoms with Gasteiger partial charge in [-0.15, -0.1) is 5.01 Å². The van der Waals surface area contributed by atoms with Gasteiger partial charge in [0.2, 0.25) is 5.91 Å². The van der Waals surface area contributed by atoms with Gasteiger partial charge in [0.1, 0.15) is 6.04 Å². The zero-order chi connectivity index (χ0) is 35.8. The van der Waals surface area contributed by atoms with Crippen LogP contribution >= 0.6 is 0 Å². The standard InChI is InChI=1S/C23H28N4O8.C6H13N3O3/c1-14(2)20(22(32)33)26(27(23(34)35)21(31)15-7-9-16(24)10-8-15)19(30)6-4-3-5-13-25-17(28)11-12-18(25)29;7-4(5(10)11)2-1-3-9-6(8)12/h7-12,14,20H,3-6,13,24H2,1-2H3,(H,32,33)(H,34,35);4H,1-3,7H2,(H,10,11)(H3,8,9,12)/t20-;4-/m00/s1. The van der Waals surface area contributed by atoms with Gasteiger partial charge in [-0.3, -0.25) is 28.9 Å². The largest absolute Gasteiger partial charge is 0.480 e. The van der Waals surface area contributed by atoms with E-state index in [0.29, 0.717) is 42.9 Å². The molecule has 7 amide bonds. The van der Waals surface area contributed by atoms with Crippen molar-refractivity contribution in [3.63, 3.8) is 0 Å². The number of imide groups is 2. The van der Waals surface area contributed by atoms with Crippen molar-refractivity contribution >= 4 is 53.4 Å². The number of nitrogen functional groups attached to an aromatic ring is 1. The molecular weight excluding hydrogens is 622 g/mol. The molecule has 0 aromatic heterocycles. The Morgan fingerprint density at radius 1 is 0.872 bits per heavy atom. The molecule has 47 heavy (non-hydrogen) atoms. The van der Waals surface area contributed by atoms with Crippen molar-refractivity contribution < 1.29 is 53.7 Å². The molecular formula is C29H41N7O11. The molecule has 1 aliphatic rings. The van der Waals surface area contributed by atoms with E-state index in [9.17, 15) is 48.6 Å². The number of aliphatic carboxylic acids is 2. The summed E-state index contributed by atoms with van der Waals surface area (Å²) >= 11 is 0. The molecule has 18 heteroatoms. The highest BCUT2D eigenvalue weighted by Gasteiger charge is 2.42. The van der Waals surface area contributed by atoms with Crippen LogP contribution < -0.4 is 22.5 Å². The van der Waals surface area contributed by atoms with E-state index in [1.807, 2.05) is 0 Å². The van der Waals surface area contributed by atoms with Gasteiger partial charge in [-0.05, 0) is 55.9 Å². The second-order valence-corrected chi connectivity index (χ2v) is 10.6. The molecule has 1 aromatic rings. The molecule has 0 spiro atoms. The molecule has 1 heterocycles. The number of rotatable bonds is 15. The van der Waals surface area contributed by atoms with Crippen molar-refractivity contribution in [3.8, 4) is 0 Å². The third kappa shape index (κ3) is 12.8. The van der Waals surface area contributed by atoms with E-state index in [-0.39, 0.29) is 30.0 Å². The molecule has 0 bridgehead atoms. The van der Waals surface area contributed by atoms with Gasteiger partial charge < -0.3 is 37.8 Å². The first-order valence-electron chi connectivity index (χ1n) is 14.5. The summed E-state index contributed by atoms with van der Waals surface area (Å²) in [5, 5.41) is 30.8. The van der Waals surface area contributed by atoms with Crippen molar-refractivity contribution in [2.45, 2.75) is 64.5 Å². The minimum atomic E-state index is -1.81. The molecule has 1 aromatic carbocycles. The SMILES string of the molecule is CC(C)[C@@H](C(=O)O)N(C(=O)CCCCCN1C(=O)C=CC1=O)N(C(=O)O)C(=O)c1ccc(N)cc1.NC(=O)NCCC[C@H](N)C(=O)O. The fraction of sp³-hybridized carbons (Fsp3) is 0.448. The molecule has 2 atom stereocenters. The lowest BCUT2D eigenvalue weighted by Crippen LogP contribution is -2.60. The number of hydrogen-bond donors (Lipinski definition) is 7. The van der Waals surface area contributed by atoms with Gasteiger partial charge in [0.05, 0.1) is 0 Å². The molecule has 0 unspecified atom stereocenters. The Kier molecular flexibility index (Phi) is 16.1. The van der Waals surface area contributed by atoms with E-state index in [2.05, 4.69) is 5.32 Å². The number of carboxylic acid groups (broad SMARTS) is 3. The van der Waals surface area contributed by atoms with Gasteiger partial charge in [-0.25, -0.2) is 19.4 Å². The van der Waals surface area contributed by atoms with Crippen LogP contribution in [0.3, 0.4) is 0 Å². The molecule has 0 aliphatic carbocycles. The fourth-order valence-electron chi connectivity index (χ4n) is 4.23. The van der Waals surface area contributed by atoms with Gasteiger partial charge in [-0.2, -0.15) is 0 Å². The highest BCUT2D eigenvalue weighted by atomic mass is 16.4. The summed E-state index contributed by atoms with van der Waals surface area (Å²) in [4.78, 5) is 94.8. The van der Waals surface area contributed by atoms with Crippen LogP contribution in [0.25, 0.3) is 0 Å². The average Bonchev–Trinajstić information content (AvgIpc) is 3.30. The first kappa shape index (κ1) is 39.5. The van der Waals surface area contributed by atoms with E-state index >= 15 is 0 Å². The van der Waals surface area contributed by atoms with E-state index in [1.165, 1.54) is 50.3 Å². The van der Waals surface area contributed by atoms with Crippen LogP contribution in [0, 0.1) is 5.92 Å². The lowest BCUT2D eigenvalue weighted by Gasteiger charge is -2.37. The first-order chi connectivity index (χ1) is 22.0. The van der Waals surface area contributed by atoms with Crippen molar-refractivity contribution in [1.29, 1.82) is 0 Å². The van der Waals surface area contributed by atoms with Gasteiger partial charge in [0, 0.05) is 42.9 Å². The Morgan fingerprint density at radius 3 is 1.91 bits per heavy atom. The number of primary amides is 1. The number of benzene rings is 1. The Morgan fingerprint density at radius 2 is 1.45 bits per heavy atom. The van der Waals surface area contributed by atoms with Crippen LogP contribution in [-0.4, -0.2) is 103 Å². The number of unbranched alkanes of at least 4 members (excludes halogenated alkanes) is 2. The van der Waals surface area contributed by atoms with Crippen molar-refractivity contribution in [1.82, 2.24) is 20.2 Å². The zero-order valence-electron chi connectivity index (χ0n) is 26.0. The van der Waals surface area contributed by atoms with Gasteiger partial charge in [-0.1, -0.05) is 20.3 Å². The van der Waals surface area contributed by atoms with Gasteiger partial charge in [0.15, 0.2) is 6.04 Å². The molecule has 10 N–H and O–H groups in total. The van der Waals surface area contributed by atoms with Crippen LogP contribution in [-0.2, 0) is 24.0 Å². The summed E-state index contributed by atoms with van der Waals surface area (Å²) in [6.07, 6.45) is 2.11. The monoisotopic (exact) mass is 663 g/mol. The van der Waals surface area contributed by atoms with E-state index in [0.717, 1.165) is 4.90 Å². The Hall–Kier alpha value is -5.52. The van der Waals surface area contributed by atoms with Gasteiger partial charge in [0.25, 0.3) is 17.7 Å².